The van der Waals surface area contributed by atoms with Crippen molar-refractivity contribution in [1.82, 2.24) is 29.7 Å². The van der Waals surface area contributed by atoms with Gasteiger partial charge < -0.3 is 13.8 Å². The van der Waals surface area contributed by atoms with Crippen LogP contribution < -0.4 is 4.74 Å². The van der Waals surface area contributed by atoms with Gasteiger partial charge in [0.2, 0.25) is 11.7 Å². The van der Waals surface area contributed by atoms with Crippen molar-refractivity contribution < 1.29 is 26.8 Å². The molecule has 8 nitrogen and oxygen atoms in total. The van der Waals surface area contributed by atoms with E-state index in [1.54, 1.807) is 36.4 Å². The SMILES string of the molecule is COc1ncnc(C2CC2)c1-c1ccc(F)c(-c2nc(-c3ccc(-c4nc(C(F)(F)F)cn4C)cc3)no2)c1. The van der Waals surface area contributed by atoms with E-state index in [1.165, 1.54) is 31.1 Å². The molecule has 3 aromatic heterocycles. The molecular weight excluding hydrogens is 516 g/mol. The third-order valence-electron chi connectivity index (χ3n) is 6.48. The van der Waals surface area contributed by atoms with Crippen molar-refractivity contribution >= 4 is 0 Å². The predicted octanol–water partition coefficient (Wildman–Crippen LogP) is 6.31. The number of halogens is 4. The van der Waals surface area contributed by atoms with Crippen LogP contribution in [0.15, 0.2) is 59.5 Å². The topological polar surface area (TPSA) is 91.8 Å². The zero-order valence-corrected chi connectivity index (χ0v) is 20.7. The van der Waals surface area contributed by atoms with Crippen molar-refractivity contribution in [2.75, 3.05) is 7.11 Å². The highest BCUT2D eigenvalue weighted by Crippen LogP contribution is 2.46. The van der Waals surface area contributed by atoms with Crippen molar-refractivity contribution in [1.29, 1.82) is 0 Å². The molecule has 5 aromatic rings. The molecule has 3 heterocycles. The number of benzene rings is 2. The van der Waals surface area contributed by atoms with Crippen LogP contribution in [-0.4, -0.2) is 36.8 Å². The van der Waals surface area contributed by atoms with Crippen LogP contribution in [-0.2, 0) is 13.2 Å². The first-order valence-corrected chi connectivity index (χ1v) is 12.0. The highest BCUT2D eigenvalue weighted by atomic mass is 19.4. The molecule has 0 amide bonds. The summed E-state index contributed by atoms with van der Waals surface area (Å²) in [5, 5.41) is 3.98. The van der Waals surface area contributed by atoms with Crippen molar-refractivity contribution in [2.45, 2.75) is 24.9 Å². The van der Waals surface area contributed by atoms with Gasteiger partial charge in [-0.2, -0.15) is 18.2 Å². The lowest BCUT2D eigenvalue weighted by Crippen LogP contribution is -2.04. The lowest BCUT2D eigenvalue weighted by Gasteiger charge is -2.12. The van der Waals surface area contributed by atoms with E-state index < -0.39 is 17.7 Å². The Morgan fingerprint density at radius 1 is 0.974 bits per heavy atom. The fourth-order valence-corrected chi connectivity index (χ4v) is 4.41. The van der Waals surface area contributed by atoms with Crippen LogP contribution in [0.2, 0.25) is 0 Å². The van der Waals surface area contributed by atoms with Gasteiger partial charge in [-0.05, 0) is 30.5 Å². The van der Waals surface area contributed by atoms with Gasteiger partial charge in [0.1, 0.15) is 18.0 Å². The van der Waals surface area contributed by atoms with E-state index in [2.05, 4.69) is 25.1 Å². The second kappa shape index (κ2) is 9.29. The number of methoxy groups -OCH3 is 1. The number of hydrogen-bond acceptors (Lipinski definition) is 7. The zero-order chi connectivity index (χ0) is 27.3. The standard InChI is InChI=1S/C27H20F4N6O2/c1-37-12-20(27(29,30)31)34-24(37)16-7-5-15(6-8-16)23-35-25(39-36-23)18-11-17(9-10-19(18)28)21-22(14-3-4-14)32-13-33-26(21)38-2/h5-14H,3-4H2,1-2H3. The van der Waals surface area contributed by atoms with Crippen LogP contribution in [0.25, 0.3) is 45.4 Å². The Balaban J connectivity index is 1.32. The molecule has 1 aliphatic carbocycles. The number of aryl methyl sites for hydroxylation is 1. The maximum absolute atomic E-state index is 14.9. The van der Waals surface area contributed by atoms with Gasteiger partial charge >= 0.3 is 6.18 Å². The number of nitrogens with zero attached hydrogens (tertiary/aromatic N) is 6. The Labute approximate surface area is 219 Å². The van der Waals surface area contributed by atoms with Crippen LogP contribution in [0.5, 0.6) is 5.88 Å². The van der Waals surface area contributed by atoms with E-state index >= 15 is 0 Å². The highest BCUT2D eigenvalue weighted by Gasteiger charge is 2.34. The average Bonchev–Trinajstić information content (AvgIpc) is 3.52. The third-order valence-corrected chi connectivity index (χ3v) is 6.48. The second-order valence-electron chi connectivity index (χ2n) is 9.17. The zero-order valence-electron chi connectivity index (χ0n) is 20.7. The Morgan fingerprint density at radius 2 is 1.69 bits per heavy atom. The summed E-state index contributed by atoms with van der Waals surface area (Å²) in [4.78, 5) is 16.7. The summed E-state index contributed by atoms with van der Waals surface area (Å²) in [6.45, 7) is 0. The minimum absolute atomic E-state index is 0.0314. The molecule has 0 radical (unpaired) electrons. The fraction of sp³-hybridized carbons (Fsp3) is 0.222. The Morgan fingerprint density at radius 3 is 2.36 bits per heavy atom. The Kier molecular flexibility index (Phi) is 5.89. The molecule has 198 valence electrons. The molecule has 1 fully saturated rings. The number of imidazole rings is 1. The largest absolute Gasteiger partial charge is 0.480 e. The molecule has 0 bridgehead atoms. The molecule has 1 aliphatic rings. The van der Waals surface area contributed by atoms with E-state index in [-0.39, 0.29) is 23.1 Å². The maximum atomic E-state index is 14.9. The van der Waals surface area contributed by atoms with E-state index in [4.69, 9.17) is 9.26 Å². The Bertz CT molecular complexity index is 1670. The first-order valence-electron chi connectivity index (χ1n) is 12.0. The minimum Gasteiger partial charge on any atom is -0.480 e. The number of alkyl halides is 3. The molecular formula is C27H20F4N6O2. The van der Waals surface area contributed by atoms with Crippen LogP contribution in [0.3, 0.4) is 0 Å². The van der Waals surface area contributed by atoms with E-state index in [0.717, 1.165) is 24.7 Å². The average molecular weight is 536 g/mol. The van der Waals surface area contributed by atoms with E-state index in [9.17, 15) is 17.6 Å². The number of aromatic nitrogens is 6. The molecule has 0 unspecified atom stereocenters. The molecule has 0 aliphatic heterocycles. The predicted molar refractivity (Wildman–Crippen MR) is 132 cm³/mol. The van der Waals surface area contributed by atoms with Gasteiger partial charge in [0.15, 0.2) is 5.69 Å². The van der Waals surface area contributed by atoms with Crippen LogP contribution in [0, 0.1) is 5.82 Å². The molecule has 39 heavy (non-hydrogen) atoms. The van der Waals surface area contributed by atoms with Crippen LogP contribution in [0.4, 0.5) is 17.6 Å². The quantitative estimate of drug-likeness (QED) is 0.235. The lowest BCUT2D eigenvalue weighted by atomic mass is 10.00. The fourth-order valence-electron chi connectivity index (χ4n) is 4.41. The van der Waals surface area contributed by atoms with Crippen molar-refractivity contribution in [3.8, 4) is 51.2 Å². The summed E-state index contributed by atoms with van der Waals surface area (Å²) in [5.41, 5.74) is 2.34. The van der Waals surface area contributed by atoms with E-state index in [1.807, 2.05) is 0 Å². The summed E-state index contributed by atoms with van der Waals surface area (Å²) in [6, 6.07) is 11.0. The summed E-state index contributed by atoms with van der Waals surface area (Å²) in [6.07, 6.45) is -0.129. The highest BCUT2D eigenvalue weighted by molar-refractivity contribution is 5.76. The smallest absolute Gasteiger partial charge is 0.434 e. The van der Waals surface area contributed by atoms with Gasteiger partial charge in [0, 0.05) is 30.3 Å². The monoisotopic (exact) mass is 536 g/mol. The van der Waals surface area contributed by atoms with Gasteiger partial charge in [0.25, 0.3) is 5.89 Å². The number of hydrogen-bond donors (Lipinski definition) is 0. The molecule has 2 aromatic carbocycles. The number of ether oxygens (including phenoxy) is 1. The molecule has 0 N–H and O–H groups in total. The van der Waals surface area contributed by atoms with Gasteiger partial charge in [-0.25, -0.2) is 19.3 Å². The molecule has 1 saturated carbocycles. The lowest BCUT2D eigenvalue weighted by molar-refractivity contribution is -0.140. The van der Waals surface area contributed by atoms with Crippen molar-refractivity contribution in [3.63, 3.8) is 0 Å². The summed E-state index contributed by atoms with van der Waals surface area (Å²) in [5.74, 6) is 0.461. The summed E-state index contributed by atoms with van der Waals surface area (Å²) < 4.78 is 66.2. The minimum atomic E-state index is -4.54. The van der Waals surface area contributed by atoms with Gasteiger partial charge in [0.05, 0.1) is 23.9 Å². The van der Waals surface area contributed by atoms with Gasteiger partial charge in [-0.1, -0.05) is 35.5 Å². The van der Waals surface area contributed by atoms with Gasteiger partial charge in [-0.3, -0.25) is 0 Å². The van der Waals surface area contributed by atoms with Gasteiger partial charge in [-0.15, -0.1) is 0 Å². The van der Waals surface area contributed by atoms with Crippen LogP contribution >= 0.6 is 0 Å². The second-order valence-corrected chi connectivity index (χ2v) is 9.17. The first-order chi connectivity index (χ1) is 18.7. The van der Waals surface area contributed by atoms with E-state index in [0.29, 0.717) is 34.1 Å². The number of rotatable bonds is 6. The maximum Gasteiger partial charge on any atom is 0.434 e. The van der Waals surface area contributed by atoms with Crippen molar-refractivity contribution in [2.24, 2.45) is 7.05 Å². The molecule has 0 spiro atoms. The first kappa shape index (κ1) is 24.7. The summed E-state index contributed by atoms with van der Waals surface area (Å²) in [7, 11) is 3.01. The van der Waals surface area contributed by atoms with Crippen LogP contribution in [0.1, 0.15) is 30.1 Å². The molecule has 6 rings (SSSR count). The molecule has 0 atom stereocenters. The normalized spacial score (nSPS) is 13.6. The third kappa shape index (κ3) is 4.62. The molecule has 0 saturated heterocycles. The Hall–Kier alpha value is -4.61. The summed E-state index contributed by atoms with van der Waals surface area (Å²) >= 11 is 0. The van der Waals surface area contributed by atoms with Crippen molar-refractivity contribution in [3.05, 3.63) is 72.2 Å². The molecule has 12 heteroatoms.